The minimum Gasteiger partial charge on any atom is -0.361 e. The molecular weight excluding hydrogens is 1070 g/mol. The third-order valence-electron chi connectivity index (χ3n) is 14.7. The number of hydrogen-bond donors (Lipinski definition) is 14. The van der Waals surface area contributed by atoms with Crippen LogP contribution in [0.2, 0.25) is 0 Å². The Morgan fingerprint density at radius 1 is 0.560 bits per heavy atom. The Balaban J connectivity index is 1.39. The second kappa shape index (κ2) is 32.9. The van der Waals surface area contributed by atoms with Crippen LogP contribution in [0.25, 0.3) is 10.9 Å². The van der Waals surface area contributed by atoms with Gasteiger partial charge in [0, 0.05) is 43.0 Å². The van der Waals surface area contributed by atoms with Crippen LogP contribution in [0.3, 0.4) is 0 Å². The lowest BCUT2D eigenvalue weighted by molar-refractivity contribution is -0.139. The summed E-state index contributed by atoms with van der Waals surface area (Å²) in [7, 11) is 0. The average molecular weight is 1170 g/mol. The molecule has 9 amide bonds. The molecule has 6 atom stereocenters. The predicted octanol–water partition coefficient (Wildman–Crippen LogP) is 1.46. The van der Waals surface area contributed by atoms with Gasteiger partial charge >= 0.3 is 0 Å². The molecule has 1 aromatic heterocycles. The van der Waals surface area contributed by atoms with Gasteiger partial charge in [0.2, 0.25) is 53.2 Å². The predicted molar refractivity (Wildman–Crippen MR) is 324 cm³/mol. The number of fused-ring (bicyclic) bond motifs is 1. The number of carbonyl (C=O) groups excluding carboxylic acids is 9. The minimum absolute atomic E-state index is 0.0228. The summed E-state index contributed by atoms with van der Waals surface area (Å²) < 4.78 is 0. The molecule has 0 radical (unpaired) electrons. The summed E-state index contributed by atoms with van der Waals surface area (Å²) in [6, 6.07) is 22.6. The fraction of sp³-hybridized carbons (Fsp3) is 0.525. The van der Waals surface area contributed by atoms with Crippen LogP contribution in [0, 0.1) is 0 Å². The zero-order valence-corrected chi connectivity index (χ0v) is 50.6. The van der Waals surface area contributed by atoms with E-state index in [1.165, 1.54) is 48.5 Å². The van der Waals surface area contributed by atoms with E-state index in [2.05, 4.69) is 69.0 Å². The molecule has 3 aromatic carbocycles. The van der Waals surface area contributed by atoms with Gasteiger partial charge in [0.1, 0.15) is 40.3 Å². The Labute approximate surface area is 494 Å². The van der Waals surface area contributed by atoms with E-state index < -0.39 is 100.0 Å². The molecule has 0 saturated heterocycles. The van der Waals surface area contributed by atoms with Gasteiger partial charge in [0.05, 0.1) is 6.54 Å². The fourth-order valence-corrected chi connectivity index (χ4v) is 8.87. The van der Waals surface area contributed by atoms with E-state index in [1.54, 1.807) is 39.1 Å². The van der Waals surface area contributed by atoms with Crippen LogP contribution in [-0.4, -0.2) is 144 Å². The number of para-hydroxylation sites is 1. The Bertz CT molecular complexity index is 2830. The number of aromatic nitrogens is 1. The molecule has 0 aliphatic heterocycles. The molecule has 0 spiro atoms. The first-order chi connectivity index (χ1) is 39.8. The van der Waals surface area contributed by atoms with E-state index in [9.17, 15) is 43.2 Å². The van der Waals surface area contributed by atoms with Crippen molar-refractivity contribution in [2.24, 2.45) is 5.73 Å². The summed E-state index contributed by atoms with van der Waals surface area (Å²) in [5.74, 6) is -5.76. The highest BCUT2D eigenvalue weighted by Gasteiger charge is 2.41. The van der Waals surface area contributed by atoms with Crippen molar-refractivity contribution in [1.82, 2.24) is 69.0 Å². The molecule has 0 aliphatic rings. The summed E-state index contributed by atoms with van der Waals surface area (Å²) in [5.41, 5.74) is 7.90. The molecule has 15 N–H and O–H groups in total. The summed E-state index contributed by atoms with van der Waals surface area (Å²) in [5, 5.41) is 29.8. The zero-order valence-electron chi connectivity index (χ0n) is 50.6. The molecule has 0 fully saturated rings. The highest BCUT2D eigenvalue weighted by Crippen LogP contribution is 2.21. The van der Waals surface area contributed by atoms with Crippen LogP contribution >= 0.6 is 0 Å². The van der Waals surface area contributed by atoms with Gasteiger partial charge in [-0.05, 0) is 142 Å². The normalized spacial score (nSPS) is 14.4. The molecular formula is C61H92N14O9. The molecule has 4 rings (SSSR count). The monoisotopic (exact) mass is 1160 g/mol. The second-order valence-corrected chi connectivity index (χ2v) is 22.8. The summed E-state index contributed by atoms with van der Waals surface area (Å²) >= 11 is 0. The van der Waals surface area contributed by atoms with Gasteiger partial charge in [0.25, 0.3) is 0 Å². The lowest BCUT2D eigenvalue weighted by Gasteiger charge is -2.34. The van der Waals surface area contributed by atoms with Crippen molar-refractivity contribution in [2.75, 3.05) is 39.3 Å². The van der Waals surface area contributed by atoms with Gasteiger partial charge in [-0.3, -0.25) is 48.6 Å². The number of nitrogens with one attached hydrogen (secondary N) is 13. The van der Waals surface area contributed by atoms with E-state index in [4.69, 9.17) is 5.73 Å². The largest absolute Gasteiger partial charge is 0.361 e. The Hall–Kier alpha value is -7.73. The van der Waals surface area contributed by atoms with E-state index in [-0.39, 0.29) is 31.7 Å². The number of carbonyl (C=O) groups is 9. The molecule has 460 valence electrons. The van der Waals surface area contributed by atoms with Crippen LogP contribution in [-0.2, 0) is 62.4 Å². The SMILES string of the molecule is CC[C@@](C)(NC(=O)[C@H](C)NC(=O)C(C)(C)NC(=O)C(C)(C)NC(=O)[C@H](Cc1ccccc1)NNC(C)=O)C(=O)NCC(=O)N[C@@H](Cc1c[nH]c2ccccc12)C(=O)N[C@@](C)(CC)C(=O)N[C@H](CNCCCNCCCCN)Cc1ccccc1. The van der Waals surface area contributed by atoms with Crippen molar-refractivity contribution in [1.29, 1.82) is 0 Å². The zero-order chi connectivity index (χ0) is 62.1. The van der Waals surface area contributed by atoms with Crippen LogP contribution in [0.1, 0.15) is 118 Å². The maximum Gasteiger partial charge on any atom is 0.246 e. The maximum atomic E-state index is 14.5. The Morgan fingerprint density at radius 2 is 1.12 bits per heavy atom. The number of H-pyrrole nitrogens is 1. The number of benzene rings is 3. The first-order valence-electron chi connectivity index (χ1n) is 29.0. The standard InChI is InChI=1S/C61H92N14O9/c1-11-60(9,71-51(78)40(3)67-54(81)58(5,6)73-55(82)59(7,8)70-53(80)49(75-74-41(4)76)35-43-26-17-14-18-27-43)56(83)66-39-50(77)69-48(36-44-37-65-47-29-20-19-28-46(44)47)52(79)72-61(10,12-2)57(84)68-45(34-42-24-15-13-16-25-42)38-64-33-23-32-63-31-22-21-30-62/h13-20,24-29,37,40,45,48-49,63-65,75H,11-12,21-23,30-36,38-39,62H2,1-10H3,(H,66,83)(H,67,81)(H,68,84)(H,69,77)(H,70,80)(H,71,78)(H,72,79)(H,73,82)(H,74,76)/t40-,45-,48-,49-,60+,61-/m0/s1. The highest BCUT2D eigenvalue weighted by atomic mass is 16.2. The molecule has 23 nitrogen and oxygen atoms in total. The number of hydrazine groups is 1. The molecule has 0 unspecified atom stereocenters. The second-order valence-electron chi connectivity index (χ2n) is 22.8. The topological polar surface area (TPSA) is 340 Å². The molecule has 0 bridgehead atoms. The summed E-state index contributed by atoms with van der Waals surface area (Å²) in [4.78, 5) is 126. The van der Waals surface area contributed by atoms with Crippen molar-refractivity contribution < 1.29 is 43.2 Å². The fourth-order valence-electron chi connectivity index (χ4n) is 8.87. The van der Waals surface area contributed by atoms with Gasteiger partial charge in [-0.2, -0.15) is 0 Å². The van der Waals surface area contributed by atoms with E-state index in [0.29, 0.717) is 19.5 Å². The van der Waals surface area contributed by atoms with Crippen LogP contribution in [0.15, 0.2) is 91.1 Å². The molecule has 84 heavy (non-hydrogen) atoms. The quantitative estimate of drug-likeness (QED) is 0.0227. The first kappa shape index (κ1) is 68.8. The number of rotatable bonds is 36. The smallest absolute Gasteiger partial charge is 0.246 e. The molecule has 0 aliphatic carbocycles. The summed E-state index contributed by atoms with van der Waals surface area (Å²) in [6.07, 6.45) is 5.64. The van der Waals surface area contributed by atoms with Crippen LogP contribution in [0.5, 0.6) is 0 Å². The van der Waals surface area contributed by atoms with Crippen LogP contribution < -0.4 is 69.8 Å². The van der Waals surface area contributed by atoms with Gasteiger partial charge in [-0.15, -0.1) is 0 Å². The average Bonchev–Trinajstić information content (AvgIpc) is 4.05. The van der Waals surface area contributed by atoms with E-state index >= 15 is 0 Å². The van der Waals surface area contributed by atoms with Crippen molar-refractivity contribution in [2.45, 2.75) is 167 Å². The van der Waals surface area contributed by atoms with Crippen molar-refractivity contribution >= 4 is 64.1 Å². The molecule has 23 heteroatoms. The highest BCUT2D eigenvalue weighted by molar-refractivity contribution is 6.00. The van der Waals surface area contributed by atoms with Crippen molar-refractivity contribution in [3.05, 3.63) is 108 Å². The molecule has 1 heterocycles. The van der Waals surface area contributed by atoms with Gasteiger partial charge in [-0.25, -0.2) is 5.43 Å². The molecule has 4 aromatic rings. The lowest BCUT2D eigenvalue weighted by Crippen LogP contribution is -2.66. The number of hydrogen-bond acceptors (Lipinski definition) is 13. The third kappa shape index (κ3) is 21.8. The third-order valence-corrected chi connectivity index (χ3v) is 14.7. The number of aromatic amines is 1. The first-order valence-corrected chi connectivity index (χ1v) is 29.0. The van der Waals surface area contributed by atoms with E-state index in [0.717, 1.165) is 66.5 Å². The van der Waals surface area contributed by atoms with Gasteiger partial charge in [-0.1, -0.05) is 92.7 Å². The maximum absolute atomic E-state index is 14.5. The summed E-state index contributed by atoms with van der Waals surface area (Å²) in [6.45, 7) is 18.0. The Kier molecular flexibility index (Phi) is 27.0. The van der Waals surface area contributed by atoms with E-state index in [1.807, 2.05) is 72.8 Å². The molecule has 0 saturated carbocycles. The number of nitrogens with two attached hydrogens (primary N) is 1. The minimum atomic E-state index is -1.62. The van der Waals surface area contributed by atoms with Gasteiger partial charge in [0.15, 0.2) is 0 Å². The number of unbranched alkanes of at least 4 members (excludes halogenated alkanes) is 1. The lowest BCUT2D eigenvalue weighted by atomic mass is 9.94. The number of amides is 9. The van der Waals surface area contributed by atoms with Crippen molar-refractivity contribution in [3.8, 4) is 0 Å². The van der Waals surface area contributed by atoms with Crippen LogP contribution in [0.4, 0.5) is 0 Å². The Morgan fingerprint density at radius 3 is 1.75 bits per heavy atom. The van der Waals surface area contributed by atoms with Gasteiger partial charge < -0.3 is 63.9 Å². The van der Waals surface area contributed by atoms with Crippen molar-refractivity contribution in [3.63, 3.8) is 0 Å².